The summed E-state index contributed by atoms with van der Waals surface area (Å²) >= 11 is 0. The van der Waals surface area contributed by atoms with E-state index in [1.54, 1.807) is 25.3 Å². The van der Waals surface area contributed by atoms with Crippen LogP contribution in [0, 0.1) is 0 Å². The second kappa shape index (κ2) is 5.69. The van der Waals surface area contributed by atoms with Gasteiger partial charge in [0.25, 0.3) is 0 Å². The summed E-state index contributed by atoms with van der Waals surface area (Å²) in [6, 6.07) is 7.15. The Morgan fingerprint density at radius 2 is 2.17 bits per heavy atom. The number of phenolic OH excluding ortho intramolecular Hbond substituents is 1. The van der Waals surface area contributed by atoms with Gasteiger partial charge in [-0.25, -0.2) is 4.98 Å². The Morgan fingerprint density at radius 3 is 2.94 bits per heavy atom. The lowest BCUT2D eigenvalue weighted by molar-refractivity contribution is 0.183. The van der Waals surface area contributed by atoms with Crippen molar-refractivity contribution in [2.24, 2.45) is 0 Å². The van der Waals surface area contributed by atoms with Gasteiger partial charge in [-0.3, -0.25) is 0 Å². The Morgan fingerprint density at radius 1 is 1.33 bits per heavy atom. The fourth-order valence-electron chi connectivity index (χ4n) is 1.90. The van der Waals surface area contributed by atoms with Crippen LogP contribution in [-0.2, 0) is 0 Å². The zero-order valence-electron chi connectivity index (χ0n) is 10.4. The SMILES string of the molecule is CC(O)CCCNc1nccc2ccc(O)cc12. The molecule has 0 aliphatic rings. The molecule has 0 aliphatic carbocycles. The number of hydrogen-bond acceptors (Lipinski definition) is 4. The van der Waals surface area contributed by atoms with Crippen LogP contribution in [0.5, 0.6) is 5.75 Å². The molecule has 1 aromatic heterocycles. The summed E-state index contributed by atoms with van der Waals surface area (Å²) in [4.78, 5) is 4.28. The molecule has 1 atom stereocenters. The lowest BCUT2D eigenvalue weighted by Crippen LogP contribution is -2.07. The molecular formula is C14H18N2O2. The number of anilines is 1. The normalized spacial score (nSPS) is 12.6. The van der Waals surface area contributed by atoms with E-state index in [4.69, 9.17) is 0 Å². The highest BCUT2D eigenvalue weighted by molar-refractivity contribution is 5.92. The van der Waals surface area contributed by atoms with Gasteiger partial charge >= 0.3 is 0 Å². The minimum Gasteiger partial charge on any atom is -0.508 e. The standard InChI is InChI=1S/C14H18N2O2/c1-10(17)3-2-7-15-14-13-9-12(18)5-4-11(13)6-8-16-14/h4-6,8-10,17-18H,2-3,7H2,1H3,(H,15,16). The summed E-state index contributed by atoms with van der Waals surface area (Å²) in [5, 5.41) is 23.9. The number of hydrogen-bond donors (Lipinski definition) is 3. The first-order valence-electron chi connectivity index (χ1n) is 6.16. The van der Waals surface area contributed by atoms with Crippen LogP contribution in [0.2, 0.25) is 0 Å². The van der Waals surface area contributed by atoms with Crippen LogP contribution in [-0.4, -0.2) is 27.8 Å². The van der Waals surface area contributed by atoms with Crippen molar-refractivity contribution < 1.29 is 10.2 Å². The largest absolute Gasteiger partial charge is 0.508 e. The fraction of sp³-hybridized carbons (Fsp3) is 0.357. The molecule has 18 heavy (non-hydrogen) atoms. The Hall–Kier alpha value is -1.81. The number of aromatic hydroxyl groups is 1. The molecule has 0 radical (unpaired) electrons. The predicted octanol–water partition coefficient (Wildman–Crippen LogP) is 2.51. The van der Waals surface area contributed by atoms with Crippen LogP contribution in [0.1, 0.15) is 19.8 Å². The third-order valence-electron chi connectivity index (χ3n) is 2.84. The second-order valence-corrected chi connectivity index (χ2v) is 4.48. The molecular weight excluding hydrogens is 228 g/mol. The molecule has 0 amide bonds. The lowest BCUT2D eigenvalue weighted by Gasteiger charge is -2.09. The predicted molar refractivity (Wildman–Crippen MR) is 72.8 cm³/mol. The van der Waals surface area contributed by atoms with E-state index < -0.39 is 0 Å². The molecule has 1 heterocycles. The summed E-state index contributed by atoms with van der Waals surface area (Å²) in [6.07, 6.45) is 3.13. The van der Waals surface area contributed by atoms with Crippen molar-refractivity contribution in [3.8, 4) is 5.75 Å². The molecule has 0 bridgehead atoms. The molecule has 0 fully saturated rings. The van der Waals surface area contributed by atoms with E-state index in [-0.39, 0.29) is 11.9 Å². The molecule has 0 spiro atoms. The van der Waals surface area contributed by atoms with Gasteiger partial charge in [-0.15, -0.1) is 0 Å². The third-order valence-corrected chi connectivity index (χ3v) is 2.84. The van der Waals surface area contributed by atoms with E-state index >= 15 is 0 Å². The van der Waals surface area contributed by atoms with Crippen LogP contribution in [0.25, 0.3) is 10.8 Å². The number of fused-ring (bicyclic) bond motifs is 1. The summed E-state index contributed by atoms with van der Waals surface area (Å²) in [5.41, 5.74) is 0. The monoisotopic (exact) mass is 246 g/mol. The molecule has 4 nitrogen and oxygen atoms in total. The third kappa shape index (κ3) is 3.11. The molecule has 2 rings (SSSR count). The highest BCUT2D eigenvalue weighted by Crippen LogP contribution is 2.24. The highest BCUT2D eigenvalue weighted by Gasteiger charge is 2.03. The molecule has 1 unspecified atom stereocenters. The Labute approximate surface area is 106 Å². The first-order valence-corrected chi connectivity index (χ1v) is 6.16. The molecule has 2 aromatic rings. The van der Waals surface area contributed by atoms with Crippen molar-refractivity contribution in [1.29, 1.82) is 0 Å². The zero-order chi connectivity index (χ0) is 13.0. The molecule has 0 saturated carbocycles. The average Bonchev–Trinajstić information content (AvgIpc) is 2.34. The smallest absolute Gasteiger partial charge is 0.133 e. The van der Waals surface area contributed by atoms with Crippen molar-refractivity contribution in [2.45, 2.75) is 25.9 Å². The van der Waals surface area contributed by atoms with Crippen LogP contribution < -0.4 is 5.32 Å². The molecule has 0 aliphatic heterocycles. The topological polar surface area (TPSA) is 65.4 Å². The van der Waals surface area contributed by atoms with Crippen molar-refractivity contribution in [1.82, 2.24) is 4.98 Å². The average molecular weight is 246 g/mol. The number of phenols is 1. The van der Waals surface area contributed by atoms with Gasteiger partial charge in [-0.2, -0.15) is 0 Å². The Balaban J connectivity index is 2.10. The minimum absolute atomic E-state index is 0.238. The van der Waals surface area contributed by atoms with Crippen molar-refractivity contribution in [2.75, 3.05) is 11.9 Å². The van der Waals surface area contributed by atoms with Crippen molar-refractivity contribution in [3.63, 3.8) is 0 Å². The van der Waals surface area contributed by atoms with Gasteiger partial charge in [0.15, 0.2) is 0 Å². The van der Waals surface area contributed by atoms with E-state index in [1.807, 2.05) is 12.1 Å². The van der Waals surface area contributed by atoms with E-state index in [9.17, 15) is 10.2 Å². The molecule has 4 heteroatoms. The number of aliphatic hydroxyl groups excluding tert-OH is 1. The summed E-state index contributed by atoms with van der Waals surface area (Å²) < 4.78 is 0. The number of rotatable bonds is 5. The fourth-order valence-corrected chi connectivity index (χ4v) is 1.90. The first-order chi connectivity index (χ1) is 8.66. The van der Waals surface area contributed by atoms with Crippen molar-refractivity contribution in [3.05, 3.63) is 30.5 Å². The van der Waals surface area contributed by atoms with E-state index in [0.29, 0.717) is 0 Å². The molecule has 1 aromatic carbocycles. The quantitative estimate of drug-likeness (QED) is 0.709. The van der Waals surface area contributed by atoms with Crippen molar-refractivity contribution >= 4 is 16.6 Å². The maximum atomic E-state index is 9.51. The Kier molecular flexibility index (Phi) is 3.99. The number of nitrogens with zero attached hydrogens (tertiary/aromatic N) is 1. The van der Waals surface area contributed by atoms with Crippen LogP contribution in [0.4, 0.5) is 5.82 Å². The summed E-state index contributed by atoms with van der Waals surface area (Å²) in [7, 11) is 0. The highest BCUT2D eigenvalue weighted by atomic mass is 16.3. The van der Waals surface area contributed by atoms with Crippen LogP contribution in [0.3, 0.4) is 0 Å². The second-order valence-electron chi connectivity index (χ2n) is 4.48. The van der Waals surface area contributed by atoms with E-state index in [0.717, 1.165) is 36.0 Å². The maximum absolute atomic E-state index is 9.51. The lowest BCUT2D eigenvalue weighted by atomic mass is 10.1. The number of benzene rings is 1. The van der Waals surface area contributed by atoms with Crippen LogP contribution >= 0.6 is 0 Å². The van der Waals surface area contributed by atoms with Gasteiger partial charge in [0.05, 0.1) is 6.10 Å². The maximum Gasteiger partial charge on any atom is 0.133 e. The first kappa shape index (κ1) is 12.6. The number of nitrogens with one attached hydrogen (secondary N) is 1. The van der Waals surface area contributed by atoms with Gasteiger partial charge in [-0.05, 0) is 43.4 Å². The van der Waals surface area contributed by atoms with E-state index in [2.05, 4.69) is 10.3 Å². The molecule has 0 saturated heterocycles. The Bertz CT molecular complexity index is 526. The minimum atomic E-state index is -0.267. The number of pyridine rings is 1. The zero-order valence-corrected chi connectivity index (χ0v) is 10.4. The van der Waals surface area contributed by atoms with Gasteiger partial charge in [0.1, 0.15) is 11.6 Å². The van der Waals surface area contributed by atoms with Gasteiger partial charge in [-0.1, -0.05) is 6.07 Å². The van der Waals surface area contributed by atoms with Gasteiger partial charge in [0.2, 0.25) is 0 Å². The van der Waals surface area contributed by atoms with E-state index in [1.165, 1.54) is 0 Å². The van der Waals surface area contributed by atoms with Gasteiger partial charge < -0.3 is 15.5 Å². The molecule has 96 valence electrons. The van der Waals surface area contributed by atoms with Crippen LogP contribution in [0.15, 0.2) is 30.5 Å². The summed E-state index contributed by atoms with van der Waals surface area (Å²) in [5.74, 6) is 1.01. The molecule has 3 N–H and O–H groups in total. The summed E-state index contributed by atoms with van der Waals surface area (Å²) in [6.45, 7) is 2.54. The number of aliphatic hydroxyl groups is 1. The number of aromatic nitrogens is 1. The van der Waals surface area contributed by atoms with Gasteiger partial charge in [0, 0.05) is 18.1 Å².